The summed E-state index contributed by atoms with van der Waals surface area (Å²) in [7, 11) is 0. The van der Waals surface area contributed by atoms with Gasteiger partial charge in [-0.3, -0.25) is 11.1 Å². The molecular formula is C11H14Cl2N3OS+. The second-order valence-electron chi connectivity index (χ2n) is 3.39. The van der Waals surface area contributed by atoms with E-state index in [4.69, 9.17) is 39.2 Å². The van der Waals surface area contributed by atoms with E-state index >= 15 is 0 Å². The number of hydrogen-bond donors (Lipinski definition) is 2. The molecule has 1 aromatic rings. The van der Waals surface area contributed by atoms with Crippen molar-refractivity contribution in [3.05, 3.63) is 33.8 Å². The van der Waals surface area contributed by atoms with Crippen LogP contribution in [0.4, 0.5) is 0 Å². The molecule has 18 heavy (non-hydrogen) atoms. The molecule has 4 N–H and O–H groups in total. The van der Waals surface area contributed by atoms with Crippen LogP contribution in [0.1, 0.15) is 12.5 Å². The van der Waals surface area contributed by atoms with Gasteiger partial charge in [0, 0.05) is 11.3 Å². The summed E-state index contributed by atoms with van der Waals surface area (Å²) in [6, 6.07) is 5.29. The van der Waals surface area contributed by atoms with Crippen molar-refractivity contribution in [1.29, 1.82) is 0 Å². The number of thioether (sulfide) groups is 1. The number of halogens is 2. The molecule has 1 rings (SSSR count). The van der Waals surface area contributed by atoms with Crippen molar-refractivity contribution in [3.63, 3.8) is 0 Å². The first-order chi connectivity index (χ1) is 8.50. The van der Waals surface area contributed by atoms with Gasteiger partial charge >= 0.3 is 0 Å². The van der Waals surface area contributed by atoms with Crippen LogP contribution in [0.5, 0.6) is 0 Å². The van der Waals surface area contributed by atoms with E-state index in [-0.39, 0.29) is 0 Å². The predicted octanol–water partition coefficient (Wildman–Crippen LogP) is 1.54. The smallest absolute Gasteiger partial charge is 0.299 e. The van der Waals surface area contributed by atoms with E-state index in [9.17, 15) is 0 Å². The summed E-state index contributed by atoms with van der Waals surface area (Å²) in [5.74, 6) is 0.653. The molecule has 0 aliphatic rings. The second kappa shape index (κ2) is 7.51. The molecule has 0 aliphatic heterocycles. The van der Waals surface area contributed by atoms with Crippen LogP contribution in [0.15, 0.2) is 23.4 Å². The van der Waals surface area contributed by atoms with E-state index in [1.807, 2.05) is 13.0 Å². The first kappa shape index (κ1) is 15.1. The lowest BCUT2D eigenvalue weighted by Crippen LogP contribution is -2.43. The number of amidine groups is 1. The van der Waals surface area contributed by atoms with Crippen LogP contribution in [0.2, 0.25) is 10.0 Å². The summed E-state index contributed by atoms with van der Waals surface area (Å²) >= 11 is 13.1. The molecule has 4 nitrogen and oxygen atoms in total. The Hall–Kier alpha value is -0.910. The van der Waals surface area contributed by atoms with Gasteiger partial charge in [0.1, 0.15) is 6.61 Å². The molecule has 0 fully saturated rings. The van der Waals surface area contributed by atoms with Gasteiger partial charge in [-0.1, -0.05) is 34.4 Å². The quantitative estimate of drug-likeness (QED) is 0.375. The fourth-order valence-corrected chi connectivity index (χ4v) is 1.80. The van der Waals surface area contributed by atoms with E-state index in [2.05, 4.69) is 5.16 Å². The Morgan fingerprint density at radius 3 is 2.78 bits per heavy atom. The molecule has 0 spiro atoms. The van der Waals surface area contributed by atoms with Crippen molar-refractivity contribution in [2.45, 2.75) is 6.92 Å². The first-order valence-corrected chi connectivity index (χ1v) is 6.87. The van der Waals surface area contributed by atoms with Crippen LogP contribution in [0.3, 0.4) is 0 Å². The highest BCUT2D eigenvalue weighted by Crippen LogP contribution is 2.22. The van der Waals surface area contributed by atoms with Crippen LogP contribution < -0.4 is 11.1 Å². The standard InChI is InChI=1S/C11H13Cl2N3OS/c1-7(16-17-4-5-18-11(14)15)8-2-3-9(12)10(13)6-8/h2-3,6H,4-5H2,1H3,(H3,14,15)/p+1. The Balaban J connectivity index is 2.50. The van der Waals surface area contributed by atoms with Gasteiger partial charge in [0.2, 0.25) is 0 Å². The molecule has 1 aromatic carbocycles. The van der Waals surface area contributed by atoms with Gasteiger partial charge in [0.15, 0.2) is 0 Å². The highest BCUT2D eigenvalue weighted by Gasteiger charge is 2.03. The van der Waals surface area contributed by atoms with Crippen LogP contribution in [-0.4, -0.2) is 23.2 Å². The van der Waals surface area contributed by atoms with Crippen LogP contribution in [0, 0.1) is 0 Å². The number of nitrogens with two attached hydrogens (primary N) is 2. The molecular weight excluding hydrogens is 293 g/mol. The Kier molecular flexibility index (Phi) is 6.32. The molecule has 0 aliphatic carbocycles. The van der Waals surface area contributed by atoms with Crippen molar-refractivity contribution in [1.82, 2.24) is 0 Å². The fourth-order valence-electron chi connectivity index (χ4n) is 1.11. The Morgan fingerprint density at radius 2 is 2.17 bits per heavy atom. The third-order valence-corrected chi connectivity index (χ3v) is 3.43. The third kappa shape index (κ3) is 5.16. The topological polar surface area (TPSA) is 73.2 Å². The molecule has 0 atom stereocenters. The molecule has 0 amide bonds. The van der Waals surface area contributed by atoms with E-state index in [0.717, 1.165) is 11.3 Å². The third-order valence-electron chi connectivity index (χ3n) is 1.98. The average Bonchev–Trinajstić information content (AvgIpc) is 2.31. The van der Waals surface area contributed by atoms with Gasteiger partial charge in [-0.2, -0.15) is 0 Å². The van der Waals surface area contributed by atoms with Gasteiger partial charge in [-0.05, 0) is 30.8 Å². The normalized spacial score (nSPS) is 11.4. The van der Waals surface area contributed by atoms with Crippen LogP contribution in [0.25, 0.3) is 0 Å². The lowest BCUT2D eigenvalue weighted by molar-refractivity contribution is -0.110. The van der Waals surface area contributed by atoms with Crippen molar-refractivity contribution in [2.24, 2.45) is 10.9 Å². The molecule has 0 saturated heterocycles. The van der Waals surface area contributed by atoms with E-state index < -0.39 is 0 Å². The summed E-state index contributed by atoms with van der Waals surface area (Å²) in [6.07, 6.45) is 0. The minimum absolute atomic E-state index is 0.323. The van der Waals surface area contributed by atoms with E-state index in [0.29, 0.717) is 27.6 Å². The lowest BCUT2D eigenvalue weighted by Gasteiger charge is -2.03. The summed E-state index contributed by atoms with van der Waals surface area (Å²) < 4.78 is 0. The molecule has 0 saturated carbocycles. The Bertz CT molecular complexity index is 466. The summed E-state index contributed by atoms with van der Waals surface area (Å²) in [4.78, 5) is 5.14. The molecule has 0 bridgehead atoms. The molecule has 0 unspecified atom stereocenters. The van der Waals surface area contributed by atoms with E-state index in [1.165, 1.54) is 11.8 Å². The predicted molar refractivity (Wildman–Crippen MR) is 78.2 cm³/mol. The number of hydrogen-bond acceptors (Lipinski definition) is 3. The highest BCUT2D eigenvalue weighted by atomic mass is 35.5. The zero-order valence-corrected chi connectivity index (χ0v) is 12.1. The Labute approximate surface area is 120 Å². The number of benzene rings is 1. The molecule has 98 valence electrons. The maximum Gasteiger partial charge on any atom is 0.299 e. The molecule has 7 heteroatoms. The molecule has 0 aromatic heterocycles. The number of oxime groups is 1. The second-order valence-corrected chi connectivity index (χ2v) is 5.37. The van der Waals surface area contributed by atoms with Gasteiger partial charge in [0.25, 0.3) is 5.17 Å². The van der Waals surface area contributed by atoms with Gasteiger partial charge in [-0.15, -0.1) is 0 Å². The zero-order valence-electron chi connectivity index (χ0n) is 9.82. The van der Waals surface area contributed by atoms with Gasteiger partial charge in [0.05, 0.1) is 15.8 Å². The maximum atomic E-state index is 5.91. The van der Waals surface area contributed by atoms with Crippen LogP contribution in [-0.2, 0) is 4.84 Å². The van der Waals surface area contributed by atoms with Crippen LogP contribution >= 0.6 is 35.0 Å². The fraction of sp³-hybridized carbons (Fsp3) is 0.273. The zero-order chi connectivity index (χ0) is 13.5. The molecule has 0 radical (unpaired) electrons. The Morgan fingerprint density at radius 1 is 1.44 bits per heavy atom. The summed E-state index contributed by atoms with van der Waals surface area (Å²) in [6.45, 7) is 2.26. The van der Waals surface area contributed by atoms with Gasteiger partial charge in [-0.25, -0.2) is 0 Å². The lowest BCUT2D eigenvalue weighted by atomic mass is 10.1. The first-order valence-electron chi connectivity index (χ1n) is 5.13. The summed E-state index contributed by atoms with van der Waals surface area (Å²) in [5.41, 5.74) is 6.88. The maximum absolute atomic E-state index is 5.91. The monoisotopic (exact) mass is 306 g/mol. The molecule has 0 heterocycles. The van der Waals surface area contributed by atoms with E-state index in [1.54, 1.807) is 12.1 Å². The van der Waals surface area contributed by atoms with Crippen molar-refractivity contribution >= 4 is 45.8 Å². The number of nitrogens with zero attached hydrogens (tertiary/aromatic N) is 1. The largest absolute Gasteiger partial charge is 0.395 e. The summed E-state index contributed by atoms with van der Waals surface area (Å²) in [5, 5.41) is 10.6. The average molecular weight is 307 g/mol. The highest BCUT2D eigenvalue weighted by molar-refractivity contribution is 8.13. The van der Waals surface area contributed by atoms with Gasteiger partial charge < -0.3 is 4.84 Å². The number of rotatable bonds is 5. The SMILES string of the molecule is CC(=NOCCSC(N)=[NH2+])c1ccc(Cl)c(Cl)c1. The van der Waals surface area contributed by atoms with Crippen molar-refractivity contribution in [3.8, 4) is 0 Å². The van der Waals surface area contributed by atoms with Crippen molar-refractivity contribution in [2.75, 3.05) is 12.4 Å². The minimum Gasteiger partial charge on any atom is -0.395 e. The minimum atomic E-state index is 0.323. The van der Waals surface area contributed by atoms with Crippen molar-refractivity contribution < 1.29 is 10.2 Å².